The van der Waals surface area contributed by atoms with Crippen LogP contribution in [0.1, 0.15) is 142 Å². The van der Waals surface area contributed by atoms with Gasteiger partial charge in [0.1, 0.15) is 12.6 Å². The fourth-order valence-corrected chi connectivity index (χ4v) is 12.5. The summed E-state index contributed by atoms with van der Waals surface area (Å²) in [6, 6.07) is 15.4. The Labute approximate surface area is 325 Å². The summed E-state index contributed by atoms with van der Waals surface area (Å²) in [7, 11) is 0. The maximum Gasteiger partial charge on any atom is 0.407 e. The van der Waals surface area contributed by atoms with Crippen molar-refractivity contribution in [2.24, 2.45) is 46.3 Å². The summed E-state index contributed by atoms with van der Waals surface area (Å²) >= 11 is 0. The summed E-state index contributed by atoms with van der Waals surface area (Å²) in [4.78, 5) is 24.9. The van der Waals surface area contributed by atoms with Gasteiger partial charge >= 0.3 is 12.1 Å². The quantitative estimate of drug-likeness (QED) is 0.140. The molecule has 5 aliphatic carbocycles. The Balaban J connectivity index is 0.848. The molecule has 3 fully saturated rings. The first-order chi connectivity index (χ1) is 26.0. The van der Waals surface area contributed by atoms with E-state index < -0.39 is 18.1 Å². The summed E-state index contributed by atoms with van der Waals surface area (Å²) in [5.41, 5.74) is 7.05. The van der Waals surface area contributed by atoms with Crippen LogP contribution in [0.4, 0.5) is 4.79 Å². The smallest absolute Gasteiger partial charge is 0.407 e. The highest BCUT2D eigenvalue weighted by Crippen LogP contribution is 2.67. The van der Waals surface area contributed by atoms with E-state index in [1.807, 2.05) is 24.3 Å². The number of allylic oxidation sites excluding steroid dienone is 1. The number of alkyl carbamates (subject to hydrolysis) is 1. The average Bonchev–Trinajstić information content (AvgIpc) is 3.68. The van der Waals surface area contributed by atoms with Crippen molar-refractivity contribution in [3.05, 3.63) is 71.3 Å². The van der Waals surface area contributed by atoms with E-state index in [0.29, 0.717) is 30.3 Å². The number of aliphatic carboxylic acids is 1. The van der Waals surface area contributed by atoms with Crippen LogP contribution in [0.15, 0.2) is 60.2 Å². The summed E-state index contributed by atoms with van der Waals surface area (Å²) < 4.78 is 12.1. The Morgan fingerprint density at radius 1 is 0.852 bits per heavy atom. The predicted octanol–water partition coefficient (Wildman–Crippen LogP) is 11.6. The van der Waals surface area contributed by atoms with Gasteiger partial charge in [-0.15, -0.1) is 0 Å². The molecule has 1 amide bonds. The van der Waals surface area contributed by atoms with Gasteiger partial charge in [0, 0.05) is 12.5 Å². The highest BCUT2D eigenvalue weighted by atomic mass is 16.5. The van der Waals surface area contributed by atoms with Crippen LogP contribution in [0.25, 0.3) is 11.1 Å². The van der Waals surface area contributed by atoms with E-state index in [2.05, 4.69) is 70.3 Å². The molecule has 9 atom stereocenters. The lowest BCUT2D eigenvalue weighted by molar-refractivity contribution is -0.139. The van der Waals surface area contributed by atoms with Gasteiger partial charge in [0.05, 0.1) is 6.10 Å². The number of hydrogen-bond donors (Lipinski definition) is 2. The summed E-state index contributed by atoms with van der Waals surface area (Å²) in [5, 5.41) is 12.5. The molecule has 2 N–H and O–H groups in total. The minimum atomic E-state index is -1.04. The van der Waals surface area contributed by atoms with E-state index in [1.54, 1.807) is 5.57 Å². The number of rotatable bonds is 15. The van der Waals surface area contributed by atoms with Crippen LogP contribution >= 0.6 is 0 Å². The average molecular weight is 738 g/mol. The van der Waals surface area contributed by atoms with Crippen molar-refractivity contribution in [3.8, 4) is 11.1 Å². The first kappa shape index (κ1) is 39.1. The van der Waals surface area contributed by atoms with Gasteiger partial charge in [0.15, 0.2) is 0 Å². The lowest BCUT2D eigenvalue weighted by atomic mass is 9.47. The van der Waals surface area contributed by atoms with Gasteiger partial charge in [-0.25, -0.2) is 9.59 Å². The molecule has 2 aromatic rings. The van der Waals surface area contributed by atoms with Gasteiger partial charge in [-0.05, 0) is 139 Å². The number of carboxylic acids is 1. The third-order valence-electron chi connectivity index (χ3n) is 15.4. The molecule has 0 aliphatic heterocycles. The largest absolute Gasteiger partial charge is 0.480 e. The highest BCUT2D eigenvalue weighted by Gasteiger charge is 2.59. The van der Waals surface area contributed by atoms with Crippen LogP contribution in [0.2, 0.25) is 0 Å². The second-order valence-corrected chi connectivity index (χ2v) is 18.9. The fourth-order valence-electron chi connectivity index (χ4n) is 12.5. The molecule has 0 saturated heterocycles. The monoisotopic (exact) mass is 738 g/mol. The zero-order valence-electron chi connectivity index (χ0n) is 33.8. The number of unbranched alkanes of at least 4 members (excludes halogenated alkanes) is 1. The Bertz CT molecular complexity index is 1620. The Morgan fingerprint density at radius 3 is 2.28 bits per heavy atom. The SMILES string of the molecule is CC(C)CCC[C@@H](C)[C@H]1CC[C@H]2[C@@H]3CC=C4CC(OCCCC[C@H](NC(=O)OCC5c6ccccc6-c6ccccc65)C(=O)O)CC[C@]4(C)[C@H]3CC[C@]12C. The molecule has 0 bridgehead atoms. The van der Waals surface area contributed by atoms with Crippen molar-refractivity contribution >= 4 is 12.1 Å². The number of carbonyl (C=O) groups is 2. The molecule has 0 radical (unpaired) electrons. The molecule has 54 heavy (non-hydrogen) atoms. The van der Waals surface area contributed by atoms with Crippen molar-refractivity contribution in [1.29, 1.82) is 0 Å². The molecule has 5 aliphatic rings. The molecular formula is C48H67NO5. The lowest BCUT2D eigenvalue weighted by Crippen LogP contribution is -2.51. The van der Waals surface area contributed by atoms with E-state index >= 15 is 0 Å². The number of nitrogens with one attached hydrogen (secondary N) is 1. The minimum absolute atomic E-state index is 0.0661. The van der Waals surface area contributed by atoms with Crippen LogP contribution in [0, 0.1) is 46.3 Å². The summed E-state index contributed by atoms with van der Waals surface area (Å²) in [6.45, 7) is 13.4. The van der Waals surface area contributed by atoms with Crippen LogP contribution < -0.4 is 5.32 Å². The maximum atomic E-state index is 12.8. The van der Waals surface area contributed by atoms with E-state index in [1.165, 1.54) is 57.8 Å². The zero-order valence-corrected chi connectivity index (χ0v) is 33.8. The van der Waals surface area contributed by atoms with E-state index in [0.717, 1.165) is 77.0 Å². The van der Waals surface area contributed by atoms with Gasteiger partial charge in [-0.3, -0.25) is 0 Å². The van der Waals surface area contributed by atoms with Crippen molar-refractivity contribution in [2.75, 3.05) is 13.2 Å². The topological polar surface area (TPSA) is 84.9 Å². The molecule has 7 rings (SSSR count). The van der Waals surface area contributed by atoms with Crippen LogP contribution in [0.5, 0.6) is 0 Å². The predicted molar refractivity (Wildman–Crippen MR) is 216 cm³/mol. The second kappa shape index (κ2) is 16.5. The second-order valence-electron chi connectivity index (χ2n) is 18.9. The third kappa shape index (κ3) is 7.80. The molecule has 294 valence electrons. The van der Waals surface area contributed by atoms with Crippen molar-refractivity contribution in [1.82, 2.24) is 5.32 Å². The Morgan fingerprint density at radius 2 is 1.57 bits per heavy atom. The van der Waals surface area contributed by atoms with E-state index in [-0.39, 0.29) is 18.6 Å². The van der Waals surface area contributed by atoms with Crippen molar-refractivity contribution in [2.45, 2.75) is 143 Å². The standard InChI is InChI=1S/C48H67NO5/c1-31(2)13-12-14-32(3)41-22-23-42-39-21-20-33-29-34(24-26-47(33,4)43(39)25-27-48(41,42)5)53-28-11-10-19-44(45(50)51)49-46(52)54-30-40-37-17-8-6-15-35(37)36-16-7-9-18-38(36)40/h6-9,15-18,20,31-32,34,39-44H,10-14,19,21-30H2,1-5H3,(H,49,52)(H,50,51)/t32-,34?,39+,41-,42+,43+,44+,47+,48-/m1/s1. The molecule has 6 nitrogen and oxygen atoms in total. The van der Waals surface area contributed by atoms with Crippen LogP contribution in [-0.2, 0) is 14.3 Å². The number of carboxylic acid groups (broad SMARTS) is 1. The van der Waals surface area contributed by atoms with Gasteiger partial charge in [-0.2, -0.15) is 0 Å². The molecule has 0 aromatic heterocycles. The van der Waals surface area contributed by atoms with Gasteiger partial charge in [0.25, 0.3) is 0 Å². The van der Waals surface area contributed by atoms with Crippen LogP contribution in [0.3, 0.4) is 0 Å². The first-order valence-corrected chi connectivity index (χ1v) is 21.6. The van der Waals surface area contributed by atoms with Crippen molar-refractivity contribution in [3.63, 3.8) is 0 Å². The first-order valence-electron chi connectivity index (χ1n) is 21.6. The Hall–Kier alpha value is -3.12. The number of hydrogen-bond acceptors (Lipinski definition) is 4. The molecular weight excluding hydrogens is 671 g/mol. The van der Waals surface area contributed by atoms with Gasteiger partial charge < -0.3 is 19.9 Å². The molecule has 2 aromatic carbocycles. The molecule has 0 spiro atoms. The van der Waals surface area contributed by atoms with E-state index in [4.69, 9.17) is 9.47 Å². The number of fused-ring (bicyclic) bond motifs is 8. The normalized spacial score (nSPS) is 31.0. The summed E-state index contributed by atoms with van der Waals surface area (Å²) in [6.07, 6.45) is 18.4. The zero-order chi connectivity index (χ0) is 38.0. The number of ether oxygens (including phenoxy) is 2. The molecule has 3 saturated carbocycles. The van der Waals surface area contributed by atoms with Crippen molar-refractivity contribution < 1.29 is 24.2 Å². The highest BCUT2D eigenvalue weighted by molar-refractivity contribution is 5.81. The minimum Gasteiger partial charge on any atom is -0.480 e. The van der Waals surface area contributed by atoms with Crippen LogP contribution in [-0.4, -0.2) is 42.5 Å². The molecule has 0 heterocycles. The van der Waals surface area contributed by atoms with Gasteiger partial charge in [-0.1, -0.05) is 114 Å². The molecule has 1 unspecified atom stereocenters. The number of amides is 1. The Kier molecular flexibility index (Phi) is 12.0. The maximum absolute atomic E-state index is 12.8. The lowest BCUT2D eigenvalue weighted by Gasteiger charge is -2.58. The van der Waals surface area contributed by atoms with Gasteiger partial charge in [0.2, 0.25) is 0 Å². The number of carbonyl (C=O) groups excluding carboxylic acids is 1. The number of benzene rings is 2. The third-order valence-corrected chi connectivity index (χ3v) is 15.4. The summed E-state index contributed by atoms with van der Waals surface area (Å²) in [5.74, 6) is 3.98. The fraction of sp³-hybridized carbons (Fsp3) is 0.667. The van der Waals surface area contributed by atoms with E-state index in [9.17, 15) is 14.7 Å². The molecule has 6 heteroatoms.